The summed E-state index contributed by atoms with van der Waals surface area (Å²) in [6, 6.07) is 10.8. The lowest BCUT2D eigenvalue weighted by Gasteiger charge is -2.31. The molecule has 4 rings (SSSR count). The largest absolute Gasteiger partial charge is 0.423 e. The van der Waals surface area contributed by atoms with Gasteiger partial charge in [-0.1, -0.05) is 34.1 Å². The van der Waals surface area contributed by atoms with E-state index < -0.39 is 35.4 Å². The van der Waals surface area contributed by atoms with E-state index in [0.717, 1.165) is 9.37 Å². The van der Waals surface area contributed by atoms with Gasteiger partial charge < -0.3 is 14.5 Å². The van der Waals surface area contributed by atoms with Gasteiger partial charge in [0, 0.05) is 22.0 Å². The summed E-state index contributed by atoms with van der Waals surface area (Å²) in [5.41, 5.74) is -0.441. The fraction of sp³-hybridized carbons (Fsp3) is 0.200. The third-order valence-corrected chi connectivity index (χ3v) is 6.10. The second-order valence-electron chi connectivity index (χ2n) is 6.56. The van der Waals surface area contributed by atoms with Gasteiger partial charge in [-0.05, 0) is 24.3 Å². The Balaban J connectivity index is 1.82. The van der Waals surface area contributed by atoms with Gasteiger partial charge >= 0.3 is 23.1 Å². The Bertz CT molecular complexity index is 1270. The monoisotopic (exact) mass is 490 g/mol. The number of halogens is 1. The molecule has 1 N–H and O–H groups in total. The van der Waals surface area contributed by atoms with Crippen molar-refractivity contribution < 1.29 is 19.1 Å². The summed E-state index contributed by atoms with van der Waals surface area (Å²) in [6.07, 6.45) is -1.39. The maximum Gasteiger partial charge on any atom is 0.341 e. The predicted molar refractivity (Wildman–Crippen MR) is 114 cm³/mol. The Labute approximate surface area is 182 Å². The molecule has 3 aromatic rings. The Hall–Kier alpha value is -2.85. The van der Waals surface area contributed by atoms with Crippen molar-refractivity contribution in [1.82, 2.24) is 9.55 Å². The van der Waals surface area contributed by atoms with Crippen molar-refractivity contribution in [2.75, 3.05) is 5.75 Å². The number of nitrogens with zero attached hydrogens (tertiary/aromatic N) is 1. The van der Waals surface area contributed by atoms with Crippen LogP contribution in [0.15, 0.2) is 61.4 Å². The minimum atomic E-state index is -1.39. The van der Waals surface area contributed by atoms with Gasteiger partial charge in [-0.2, -0.15) is 0 Å². The quantitative estimate of drug-likeness (QED) is 0.340. The van der Waals surface area contributed by atoms with Crippen LogP contribution in [0.2, 0.25) is 0 Å². The zero-order valence-corrected chi connectivity index (χ0v) is 18.0. The zero-order valence-electron chi connectivity index (χ0n) is 15.6. The number of ether oxygens (including phenoxy) is 2. The van der Waals surface area contributed by atoms with Crippen molar-refractivity contribution in [1.29, 1.82) is 0 Å². The summed E-state index contributed by atoms with van der Waals surface area (Å²) in [5, 5.41) is 0. The molecule has 2 atom stereocenters. The molecule has 0 spiro atoms. The molecular formula is C20H15BrN2O6S. The molecule has 1 aliphatic heterocycles. The van der Waals surface area contributed by atoms with E-state index in [9.17, 15) is 19.2 Å². The zero-order chi connectivity index (χ0) is 21.4. The number of rotatable bonds is 4. The number of aromatic amines is 1. The van der Waals surface area contributed by atoms with E-state index in [-0.39, 0.29) is 11.3 Å². The van der Waals surface area contributed by atoms with Crippen molar-refractivity contribution in [3.63, 3.8) is 0 Å². The summed E-state index contributed by atoms with van der Waals surface area (Å²) < 4.78 is 12.7. The van der Waals surface area contributed by atoms with Crippen molar-refractivity contribution in [2.24, 2.45) is 0 Å². The van der Waals surface area contributed by atoms with Crippen LogP contribution < -0.4 is 11.1 Å². The van der Waals surface area contributed by atoms with Crippen LogP contribution in [-0.2, 0) is 14.3 Å². The van der Waals surface area contributed by atoms with Crippen LogP contribution in [0.1, 0.15) is 23.3 Å². The number of benzene rings is 2. The second kappa shape index (κ2) is 8.11. The fourth-order valence-corrected chi connectivity index (χ4v) is 5.09. The van der Waals surface area contributed by atoms with Gasteiger partial charge in [0.2, 0.25) is 0 Å². The van der Waals surface area contributed by atoms with Gasteiger partial charge in [0.25, 0.3) is 6.29 Å². The first-order chi connectivity index (χ1) is 14.3. The SMILES string of the molecule is CC(=O)OC(OC(=O)c1ccccc1)C1CSc2cc(Br)cc3[nH]c(=O)c(=O)n1c23. The first-order valence-electron chi connectivity index (χ1n) is 8.89. The smallest absolute Gasteiger partial charge is 0.341 e. The van der Waals surface area contributed by atoms with E-state index in [2.05, 4.69) is 20.9 Å². The summed E-state index contributed by atoms with van der Waals surface area (Å²) >= 11 is 4.79. The predicted octanol–water partition coefficient (Wildman–Crippen LogP) is 2.85. The number of carbonyl (C=O) groups is 2. The summed E-state index contributed by atoms with van der Waals surface area (Å²) in [7, 11) is 0. The van der Waals surface area contributed by atoms with E-state index in [1.807, 2.05) is 6.07 Å². The van der Waals surface area contributed by atoms with E-state index in [1.54, 1.807) is 36.4 Å². The molecule has 0 amide bonds. The molecule has 0 saturated carbocycles. The molecule has 1 aromatic heterocycles. The Kier molecular flexibility index (Phi) is 5.52. The lowest BCUT2D eigenvalue weighted by Crippen LogP contribution is -2.46. The van der Waals surface area contributed by atoms with Gasteiger partial charge in [0.15, 0.2) is 0 Å². The molecule has 0 radical (unpaired) electrons. The molecule has 10 heteroatoms. The maximum atomic E-state index is 12.8. The standard InChI is InChI=1S/C20H15BrN2O6S/c1-10(24)28-20(29-19(27)11-5-3-2-4-6-11)14-9-30-15-8-12(21)7-13-16(15)23(14)18(26)17(25)22-13/h2-8,14,20H,9H2,1H3,(H,22,25). The number of carbonyl (C=O) groups excluding carboxylic acids is 2. The minimum Gasteiger partial charge on any atom is -0.423 e. The van der Waals surface area contributed by atoms with Gasteiger partial charge in [-0.25, -0.2) is 4.79 Å². The molecule has 154 valence electrons. The van der Waals surface area contributed by atoms with Gasteiger partial charge in [-0.3, -0.25) is 19.0 Å². The first-order valence-corrected chi connectivity index (χ1v) is 10.7. The van der Waals surface area contributed by atoms with Crippen LogP contribution in [0.3, 0.4) is 0 Å². The third kappa shape index (κ3) is 3.80. The molecule has 0 saturated heterocycles. The van der Waals surface area contributed by atoms with Crippen molar-refractivity contribution in [3.05, 3.63) is 73.2 Å². The van der Waals surface area contributed by atoms with Crippen LogP contribution in [-0.4, -0.2) is 33.5 Å². The van der Waals surface area contributed by atoms with E-state index >= 15 is 0 Å². The normalized spacial score (nSPS) is 16.1. The fourth-order valence-electron chi connectivity index (χ4n) is 3.27. The molecule has 2 heterocycles. The Morgan fingerprint density at radius 3 is 2.63 bits per heavy atom. The van der Waals surface area contributed by atoms with Crippen molar-refractivity contribution >= 4 is 50.7 Å². The highest BCUT2D eigenvalue weighted by Crippen LogP contribution is 2.38. The summed E-state index contributed by atoms with van der Waals surface area (Å²) in [4.78, 5) is 52.7. The molecule has 0 bridgehead atoms. The average Bonchev–Trinajstić information content (AvgIpc) is 2.71. The third-order valence-electron chi connectivity index (χ3n) is 4.51. The summed E-state index contributed by atoms with van der Waals surface area (Å²) in [6.45, 7) is 1.18. The number of hydrogen-bond acceptors (Lipinski definition) is 7. The van der Waals surface area contributed by atoms with Crippen LogP contribution in [0.5, 0.6) is 0 Å². The topological polar surface area (TPSA) is 107 Å². The molecule has 2 unspecified atom stereocenters. The molecule has 0 aliphatic carbocycles. The van der Waals surface area contributed by atoms with E-state index in [0.29, 0.717) is 11.0 Å². The van der Waals surface area contributed by atoms with Crippen molar-refractivity contribution in [2.45, 2.75) is 24.2 Å². The van der Waals surface area contributed by atoms with E-state index in [1.165, 1.54) is 23.3 Å². The molecule has 1 aliphatic rings. The Morgan fingerprint density at radius 2 is 1.93 bits per heavy atom. The molecule has 30 heavy (non-hydrogen) atoms. The summed E-state index contributed by atoms with van der Waals surface area (Å²) in [5.74, 6) is -1.13. The van der Waals surface area contributed by atoms with E-state index in [4.69, 9.17) is 9.47 Å². The molecular weight excluding hydrogens is 476 g/mol. The van der Waals surface area contributed by atoms with Gasteiger partial charge in [0.05, 0.1) is 16.6 Å². The van der Waals surface area contributed by atoms with Gasteiger partial charge in [-0.15, -0.1) is 11.8 Å². The lowest BCUT2D eigenvalue weighted by molar-refractivity contribution is -0.172. The maximum absolute atomic E-state index is 12.8. The number of H-pyrrole nitrogens is 1. The highest BCUT2D eigenvalue weighted by atomic mass is 79.9. The Morgan fingerprint density at radius 1 is 1.20 bits per heavy atom. The van der Waals surface area contributed by atoms with Crippen molar-refractivity contribution in [3.8, 4) is 0 Å². The lowest BCUT2D eigenvalue weighted by atomic mass is 10.2. The second-order valence-corrected chi connectivity index (χ2v) is 8.53. The molecule has 2 aromatic carbocycles. The number of esters is 2. The van der Waals surface area contributed by atoms with Crippen LogP contribution >= 0.6 is 27.7 Å². The number of thioether (sulfide) groups is 1. The highest BCUT2D eigenvalue weighted by molar-refractivity contribution is 9.10. The highest BCUT2D eigenvalue weighted by Gasteiger charge is 2.36. The van der Waals surface area contributed by atoms with Crippen LogP contribution in [0.25, 0.3) is 11.0 Å². The average molecular weight is 491 g/mol. The number of aromatic nitrogens is 2. The van der Waals surface area contributed by atoms with Crippen LogP contribution in [0.4, 0.5) is 0 Å². The number of nitrogens with one attached hydrogen (secondary N) is 1. The van der Waals surface area contributed by atoms with Gasteiger partial charge in [0.1, 0.15) is 6.04 Å². The molecule has 0 fully saturated rings. The number of hydrogen-bond donors (Lipinski definition) is 1. The van der Waals surface area contributed by atoms with Crippen LogP contribution in [0, 0.1) is 0 Å². The first kappa shape index (κ1) is 20.4. The minimum absolute atomic E-state index is 0.252. The molecule has 8 nitrogen and oxygen atoms in total.